The highest BCUT2D eigenvalue weighted by molar-refractivity contribution is 5.76. The lowest BCUT2D eigenvalue weighted by molar-refractivity contribution is 0.326. The highest BCUT2D eigenvalue weighted by Crippen LogP contribution is 2.30. The normalized spacial score (nSPS) is 12.8. The second kappa shape index (κ2) is 5.89. The van der Waals surface area contributed by atoms with E-state index in [0.717, 1.165) is 17.9 Å². The zero-order valence-corrected chi connectivity index (χ0v) is 11.5. The summed E-state index contributed by atoms with van der Waals surface area (Å²) in [5.74, 6) is 0. The molecule has 1 unspecified atom stereocenters. The van der Waals surface area contributed by atoms with Crippen LogP contribution in [0.15, 0.2) is 24.3 Å². The van der Waals surface area contributed by atoms with Gasteiger partial charge in [0.2, 0.25) is 0 Å². The van der Waals surface area contributed by atoms with Crippen molar-refractivity contribution in [3.8, 4) is 6.01 Å². The van der Waals surface area contributed by atoms with Crippen molar-refractivity contribution in [2.45, 2.75) is 45.6 Å². The van der Waals surface area contributed by atoms with Crippen molar-refractivity contribution in [1.82, 2.24) is 9.55 Å². The van der Waals surface area contributed by atoms with Gasteiger partial charge in [-0.1, -0.05) is 38.8 Å². The van der Waals surface area contributed by atoms with E-state index < -0.39 is 0 Å². The fraction of sp³-hybridized carbons (Fsp3) is 0.533. The third-order valence-electron chi connectivity index (χ3n) is 3.47. The Bertz CT molecular complexity index is 504. The summed E-state index contributed by atoms with van der Waals surface area (Å²) >= 11 is 0. The molecule has 2 rings (SSSR count). The van der Waals surface area contributed by atoms with Gasteiger partial charge in [0.05, 0.1) is 18.1 Å². The number of imidazole rings is 1. The van der Waals surface area contributed by atoms with E-state index in [1.54, 1.807) is 7.11 Å². The van der Waals surface area contributed by atoms with Gasteiger partial charge in [0.15, 0.2) is 0 Å². The van der Waals surface area contributed by atoms with Crippen LogP contribution in [0.3, 0.4) is 0 Å². The van der Waals surface area contributed by atoms with Crippen LogP contribution in [0, 0.1) is 0 Å². The van der Waals surface area contributed by atoms with E-state index in [1.807, 2.05) is 12.1 Å². The number of aromatic nitrogens is 2. The van der Waals surface area contributed by atoms with Crippen molar-refractivity contribution < 1.29 is 4.74 Å². The van der Waals surface area contributed by atoms with Crippen LogP contribution >= 0.6 is 0 Å². The lowest BCUT2D eigenvalue weighted by atomic mass is 10.1. The van der Waals surface area contributed by atoms with Crippen LogP contribution in [-0.2, 0) is 0 Å². The van der Waals surface area contributed by atoms with Gasteiger partial charge < -0.3 is 4.74 Å². The van der Waals surface area contributed by atoms with Gasteiger partial charge in [-0.15, -0.1) is 0 Å². The standard InChI is InChI=1S/C15H22N2O/c1-4-6-9-12(5-2)17-14-11-8-7-10-13(14)16-15(17)18-3/h7-8,10-12H,4-6,9H2,1-3H3. The van der Waals surface area contributed by atoms with Gasteiger partial charge >= 0.3 is 0 Å². The smallest absolute Gasteiger partial charge is 0.297 e. The van der Waals surface area contributed by atoms with E-state index in [2.05, 4.69) is 35.5 Å². The van der Waals surface area contributed by atoms with E-state index in [9.17, 15) is 0 Å². The molecule has 1 aromatic heterocycles. The lowest BCUT2D eigenvalue weighted by Gasteiger charge is -2.19. The van der Waals surface area contributed by atoms with Crippen LogP contribution in [0.1, 0.15) is 45.6 Å². The maximum absolute atomic E-state index is 5.44. The number of fused-ring (bicyclic) bond motifs is 1. The topological polar surface area (TPSA) is 27.1 Å². The molecule has 0 aliphatic heterocycles. The molecule has 0 aliphatic rings. The summed E-state index contributed by atoms with van der Waals surface area (Å²) in [7, 11) is 1.70. The SMILES string of the molecule is CCCCC(CC)n1c(OC)nc2ccccc21. The minimum absolute atomic E-state index is 0.479. The zero-order valence-electron chi connectivity index (χ0n) is 11.5. The molecule has 1 atom stereocenters. The van der Waals surface area contributed by atoms with Gasteiger partial charge in [0.25, 0.3) is 6.01 Å². The Balaban J connectivity index is 2.45. The molecule has 2 aromatic rings. The lowest BCUT2D eigenvalue weighted by Crippen LogP contribution is -2.09. The van der Waals surface area contributed by atoms with Crippen molar-refractivity contribution >= 4 is 11.0 Å². The van der Waals surface area contributed by atoms with Gasteiger partial charge in [-0.2, -0.15) is 4.98 Å². The summed E-state index contributed by atoms with van der Waals surface area (Å²) in [5, 5.41) is 0. The summed E-state index contributed by atoms with van der Waals surface area (Å²) < 4.78 is 7.70. The maximum Gasteiger partial charge on any atom is 0.297 e. The molecule has 0 N–H and O–H groups in total. The van der Waals surface area contributed by atoms with Crippen LogP contribution in [-0.4, -0.2) is 16.7 Å². The molecule has 1 heterocycles. The fourth-order valence-corrected chi connectivity index (χ4v) is 2.47. The Labute approximate surface area is 109 Å². The average molecular weight is 246 g/mol. The molecule has 0 radical (unpaired) electrons. The van der Waals surface area contributed by atoms with Crippen molar-refractivity contribution in [2.75, 3.05) is 7.11 Å². The number of ether oxygens (including phenoxy) is 1. The molecule has 3 nitrogen and oxygen atoms in total. The van der Waals surface area contributed by atoms with Crippen molar-refractivity contribution in [3.05, 3.63) is 24.3 Å². The molecule has 0 spiro atoms. The summed E-state index contributed by atoms with van der Waals surface area (Å²) in [5.41, 5.74) is 2.20. The second-order valence-corrected chi connectivity index (χ2v) is 4.66. The van der Waals surface area contributed by atoms with Crippen LogP contribution in [0.5, 0.6) is 6.01 Å². The van der Waals surface area contributed by atoms with Crippen LogP contribution in [0.4, 0.5) is 0 Å². The third-order valence-corrected chi connectivity index (χ3v) is 3.47. The Morgan fingerprint density at radius 2 is 2.06 bits per heavy atom. The van der Waals surface area contributed by atoms with Gasteiger partial charge in [-0.25, -0.2) is 0 Å². The minimum atomic E-state index is 0.479. The largest absolute Gasteiger partial charge is 0.468 e. The van der Waals surface area contributed by atoms with Gasteiger partial charge in [-0.05, 0) is 25.0 Å². The predicted octanol–water partition coefficient (Wildman–Crippen LogP) is 4.19. The molecular weight excluding hydrogens is 224 g/mol. The van der Waals surface area contributed by atoms with Crippen LogP contribution < -0.4 is 4.74 Å². The number of unbranched alkanes of at least 4 members (excludes halogenated alkanes) is 1. The predicted molar refractivity (Wildman–Crippen MR) is 75.1 cm³/mol. The number of benzene rings is 1. The van der Waals surface area contributed by atoms with Gasteiger partial charge in [0, 0.05) is 6.04 Å². The summed E-state index contributed by atoms with van der Waals surface area (Å²) in [6, 6.07) is 9.46. The quantitative estimate of drug-likeness (QED) is 0.764. The molecule has 0 fully saturated rings. The van der Waals surface area contributed by atoms with Crippen molar-refractivity contribution in [2.24, 2.45) is 0 Å². The van der Waals surface area contributed by atoms with Gasteiger partial charge in [0.1, 0.15) is 0 Å². The maximum atomic E-state index is 5.44. The average Bonchev–Trinajstić information content (AvgIpc) is 2.79. The van der Waals surface area contributed by atoms with E-state index in [-0.39, 0.29) is 0 Å². The van der Waals surface area contributed by atoms with Crippen LogP contribution in [0.25, 0.3) is 11.0 Å². The summed E-state index contributed by atoms with van der Waals surface area (Å²) in [6.07, 6.45) is 4.76. The first-order valence-electron chi connectivity index (χ1n) is 6.82. The third kappa shape index (κ3) is 2.35. The Morgan fingerprint density at radius 3 is 2.72 bits per heavy atom. The first kappa shape index (κ1) is 12.9. The first-order chi connectivity index (χ1) is 8.81. The van der Waals surface area contributed by atoms with E-state index in [0.29, 0.717) is 6.04 Å². The second-order valence-electron chi connectivity index (χ2n) is 4.66. The molecule has 3 heteroatoms. The highest BCUT2D eigenvalue weighted by atomic mass is 16.5. The Morgan fingerprint density at radius 1 is 1.28 bits per heavy atom. The Kier molecular flexibility index (Phi) is 4.24. The highest BCUT2D eigenvalue weighted by Gasteiger charge is 2.17. The number of para-hydroxylation sites is 2. The summed E-state index contributed by atoms with van der Waals surface area (Å²) in [6.45, 7) is 4.46. The molecule has 0 amide bonds. The first-order valence-corrected chi connectivity index (χ1v) is 6.82. The molecule has 0 aliphatic carbocycles. The number of hydrogen-bond acceptors (Lipinski definition) is 2. The number of hydrogen-bond donors (Lipinski definition) is 0. The fourth-order valence-electron chi connectivity index (χ4n) is 2.47. The van der Waals surface area contributed by atoms with Crippen molar-refractivity contribution in [1.29, 1.82) is 0 Å². The number of nitrogens with zero attached hydrogens (tertiary/aromatic N) is 2. The number of methoxy groups -OCH3 is 1. The summed E-state index contributed by atoms with van der Waals surface area (Å²) in [4.78, 5) is 4.55. The van der Waals surface area contributed by atoms with Crippen molar-refractivity contribution in [3.63, 3.8) is 0 Å². The molecule has 0 bridgehead atoms. The molecule has 98 valence electrons. The monoisotopic (exact) mass is 246 g/mol. The van der Waals surface area contributed by atoms with E-state index in [4.69, 9.17) is 4.74 Å². The zero-order chi connectivity index (χ0) is 13.0. The molecule has 1 aromatic carbocycles. The molecular formula is C15H22N2O. The number of rotatable bonds is 6. The molecule has 0 saturated heterocycles. The molecule has 0 saturated carbocycles. The van der Waals surface area contributed by atoms with Gasteiger partial charge in [-0.3, -0.25) is 4.57 Å². The Hall–Kier alpha value is -1.51. The van der Waals surface area contributed by atoms with Crippen LogP contribution in [0.2, 0.25) is 0 Å². The minimum Gasteiger partial charge on any atom is -0.468 e. The molecule has 18 heavy (non-hydrogen) atoms. The van der Waals surface area contributed by atoms with E-state index >= 15 is 0 Å². The van der Waals surface area contributed by atoms with E-state index in [1.165, 1.54) is 24.8 Å².